The molecular formula is C14H17Cl2NO3. The monoisotopic (exact) mass is 317 g/mol. The maximum atomic E-state index is 12.1. The van der Waals surface area contributed by atoms with Crippen LogP contribution in [0.25, 0.3) is 0 Å². The zero-order chi connectivity index (χ0) is 15.2. The molecule has 110 valence electrons. The summed E-state index contributed by atoms with van der Waals surface area (Å²) in [6.45, 7) is 3.69. The Kier molecular flexibility index (Phi) is 6.30. The Morgan fingerprint density at radius 3 is 2.55 bits per heavy atom. The molecule has 0 aliphatic carbocycles. The van der Waals surface area contributed by atoms with E-state index in [4.69, 9.17) is 27.9 Å². The van der Waals surface area contributed by atoms with Crippen molar-refractivity contribution < 1.29 is 14.3 Å². The van der Waals surface area contributed by atoms with Crippen LogP contribution in [0.1, 0.15) is 19.4 Å². The summed E-state index contributed by atoms with van der Waals surface area (Å²) in [5, 5.41) is 3.37. The minimum Gasteiger partial charge on any atom is -0.464 e. The standard InChI is InChI=1S/C14H17Cl2NO3/c1-14(2,9-20-12(18)7-15)13(19)17-8-10-5-3-4-6-11(10)16/h3-6H,7-9H2,1-2H3,(H,17,19). The van der Waals surface area contributed by atoms with Crippen molar-refractivity contribution in [3.05, 3.63) is 34.9 Å². The summed E-state index contributed by atoms with van der Waals surface area (Å²) in [4.78, 5) is 23.1. The van der Waals surface area contributed by atoms with Crippen LogP contribution in [-0.2, 0) is 20.9 Å². The maximum absolute atomic E-state index is 12.1. The van der Waals surface area contributed by atoms with Crippen LogP contribution in [0.4, 0.5) is 0 Å². The second-order valence-electron chi connectivity index (χ2n) is 4.95. The lowest BCUT2D eigenvalue weighted by Crippen LogP contribution is -2.40. The fraction of sp³-hybridized carbons (Fsp3) is 0.429. The van der Waals surface area contributed by atoms with Gasteiger partial charge in [0, 0.05) is 11.6 Å². The molecule has 1 amide bonds. The molecule has 0 saturated carbocycles. The molecule has 0 heterocycles. The summed E-state index contributed by atoms with van der Waals surface area (Å²) >= 11 is 11.3. The highest BCUT2D eigenvalue weighted by Gasteiger charge is 2.29. The smallest absolute Gasteiger partial charge is 0.320 e. The number of hydrogen-bond acceptors (Lipinski definition) is 3. The highest BCUT2D eigenvalue weighted by molar-refractivity contribution is 6.31. The lowest BCUT2D eigenvalue weighted by Gasteiger charge is -2.23. The Balaban J connectivity index is 2.53. The first-order valence-corrected chi connectivity index (χ1v) is 7.01. The minimum atomic E-state index is -0.830. The summed E-state index contributed by atoms with van der Waals surface area (Å²) in [6, 6.07) is 7.27. The van der Waals surface area contributed by atoms with Crippen LogP contribution >= 0.6 is 23.2 Å². The molecule has 4 nitrogen and oxygen atoms in total. The van der Waals surface area contributed by atoms with E-state index in [9.17, 15) is 9.59 Å². The van der Waals surface area contributed by atoms with E-state index in [0.29, 0.717) is 11.6 Å². The topological polar surface area (TPSA) is 55.4 Å². The molecule has 0 aliphatic rings. The second-order valence-corrected chi connectivity index (χ2v) is 5.63. The molecule has 20 heavy (non-hydrogen) atoms. The third-order valence-electron chi connectivity index (χ3n) is 2.72. The molecule has 0 bridgehead atoms. The van der Waals surface area contributed by atoms with Gasteiger partial charge in [-0.05, 0) is 25.5 Å². The molecule has 0 fully saturated rings. The minimum absolute atomic E-state index is 0.0209. The van der Waals surface area contributed by atoms with Gasteiger partial charge in [-0.2, -0.15) is 0 Å². The summed E-state index contributed by atoms with van der Waals surface area (Å²) in [5.41, 5.74) is -0.000687. The third kappa shape index (κ3) is 5.02. The summed E-state index contributed by atoms with van der Waals surface area (Å²) in [5.74, 6) is -0.990. The molecule has 0 unspecified atom stereocenters. The number of ether oxygens (including phenoxy) is 1. The van der Waals surface area contributed by atoms with Gasteiger partial charge in [-0.3, -0.25) is 9.59 Å². The van der Waals surface area contributed by atoms with Crippen molar-refractivity contribution in [3.8, 4) is 0 Å². The van der Waals surface area contributed by atoms with Gasteiger partial charge in [-0.1, -0.05) is 29.8 Å². The SMILES string of the molecule is CC(C)(COC(=O)CCl)C(=O)NCc1ccccc1Cl. The first-order valence-electron chi connectivity index (χ1n) is 6.10. The van der Waals surface area contributed by atoms with Crippen LogP contribution in [0.2, 0.25) is 5.02 Å². The highest BCUT2D eigenvalue weighted by Crippen LogP contribution is 2.18. The number of rotatable bonds is 6. The van der Waals surface area contributed by atoms with Crippen molar-refractivity contribution in [1.29, 1.82) is 0 Å². The van der Waals surface area contributed by atoms with Crippen LogP contribution in [0.15, 0.2) is 24.3 Å². The molecule has 1 aromatic carbocycles. The number of halogens is 2. The van der Waals surface area contributed by atoms with Crippen LogP contribution in [0.5, 0.6) is 0 Å². The van der Waals surface area contributed by atoms with Gasteiger partial charge < -0.3 is 10.1 Å². The number of amides is 1. The molecule has 6 heteroatoms. The molecule has 1 N–H and O–H groups in total. The number of hydrogen-bond donors (Lipinski definition) is 1. The Labute approximate surface area is 128 Å². The molecule has 0 aliphatic heterocycles. The van der Waals surface area contributed by atoms with Gasteiger partial charge in [0.05, 0.1) is 5.41 Å². The summed E-state index contributed by atoms with van der Waals surface area (Å²) in [6.07, 6.45) is 0. The molecule has 1 rings (SSSR count). The van der Waals surface area contributed by atoms with Crippen molar-refractivity contribution in [2.45, 2.75) is 20.4 Å². The average molecular weight is 318 g/mol. The van der Waals surface area contributed by atoms with Gasteiger partial charge in [0.2, 0.25) is 5.91 Å². The van der Waals surface area contributed by atoms with Gasteiger partial charge in [-0.25, -0.2) is 0 Å². The summed E-state index contributed by atoms with van der Waals surface area (Å²) in [7, 11) is 0. The van der Waals surface area contributed by atoms with E-state index in [0.717, 1.165) is 5.56 Å². The van der Waals surface area contributed by atoms with Crippen LogP contribution in [-0.4, -0.2) is 24.4 Å². The Morgan fingerprint density at radius 2 is 1.95 bits per heavy atom. The lowest BCUT2D eigenvalue weighted by molar-refractivity contribution is -0.147. The van der Waals surface area contributed by atoms with E-state index in [1.807, 2.05) is 18.2 Å². The Hall–Kier alpha value is -1.26. The van der Waals surface area contributed by atoms with E-state index in [1.54, 1.807) is 19.9 Å². The van der Waals surface area contributed by atoms with Crippen LogP contribution in [0, 0.1) is 5.41 Å². The predicted molar refractivity (Wildman–Crippen MR) is 78.8 cm³/mol. The van der Waals surface area contributed by atoms with Gasteiger partial charge in [-0.15, -0.1) is 11.6 Å². The average Bonchev–Trinajstić information content (AvgIpc) is 2.43. The number of carbonyl (C=O) groups is 2. The van der Waals surface area contributed by atoms with E-state index in [-0.39, 0.29) is 18.4 Å². The highest BCUT2D eigenvalue weighted by atomic mass is 35.5. The summed E-state index contributed by atoms with van der Waals surface area (Å²) < 4.78 is 4.90. The van der Waals surface area contributed by atoms with Crippen molar-refractivity contribution in [2.75, 3.05) is 12.5 Å². The van der Waals surface area contributed by atoms with Crippen molar-refractivity contribution in [1.82, 2.24) is 5.32 Å². The van der Waals surface area contributed by atoms with Crippen LogP contribution < -0.4 is 5.32 Å². The molecule has 0 aromatic heterocycles. The zero-order valence-corrected chi connectivity index (χ0v) is 12.9. The number of esters is 1. The molecule has 1 aromatic rings. The van der Waals surface area contributed by atoms with E-state index in [1.165, 1.54) is 0 Å². The molecule has 0 atom stereocenters. The van der Waals surface area contributed by atoms with E-state index < -0.39 is 11.4 Å². The maximum Gasteiger partial charge on any atom is 0.320 e. The lowest BCUT2D eigenvalue weighted by atomic mass is 9.93. The molecule has 0 spiro atoms. The number of carbonyl (C=O) groups excluding carboxylic acids is 2. The van der Waals surface area contributed by atoms with Crippen molar-refractivity contribution in [2.24, 2.45) is 5.41 Å². The van der Waals surface area contributed by atoms with Gasteiger partial charge >= 0.3 is 5.97 Å². The first kappa shape index (κ1) is 16.8. The fourth-order valence-electron chi connectivity index (χ4n) is 1.42. The normalized spacial score (nSPS) is 11.0. The van der Waals surface area contributed by atoms with Crippen LogP contribution in [0.3, 0.4) is 0 Å². The second kappa shape index (κ2) is 7.50. The largest absolute Gasteiger partial charge is 0.464 e. The van der Waals surface area contributed by atoms with E-state index >= 15 is 0 Å². The number of alkyl halides is 1. The van der Waals surface area contributed by atoms with Crippen molar-refractivity contribution >= 4 is 35.1 Å². The third-order valence-corrected chi connectivity index (χ3v) is 3.30. The zero-order valence-electron chi connectivity index (χ0n) is 11.4. The molecule has 0 radical (unpaired) electrons. The van der Waals surface area contributed by atoms with Gasteiger partial charge in [0.1, 0.15) is 12.5 Å². The van der Waals surface area contributed by atoms with E-state index in [2.05, 4.69) is 5.32 Å². The quantitative estimate of drug-likeness (QED) is 0.648. The number of nitrogens with one attached hydrogen (secondary N) is 1. The Bertz CT molecular complexity index is 489. The van der Waals surface area contributed by atoms with Gasteiger partial charge in [0.15, 0.2) is 0 Å². The fourth-order valence-corrected chi connectivity index (χ4v) is 1.70. The number of benzene rings is 1. The molecular weight excluding hydrogens is 301 g/mol. The Morgan fingerprint density at radius 1 is 1.30 bits per heavy atom. The van der Waals surface area contributed by atoms with Gasteiger partial charge in [0.25, 0.3) is 0 Å². The first-order chi connectivity index (χ1) is 9.36. The predicted octanol–water partition coefficient (Wildman–Crippen LogP) is 2.76. The molecule has 0 saturated heterocycles. The van der Waals surface area contributed by atoms with Crippen molar-refractivity contribution in [3.63, 3.8) is 0 Å².